The lowest BCUT2D eigenvalue weighted by molar-refractivity contribution is 0.629. The van der Waals surface area contributed by atoms with Gasteiger partial charge in [-0.05, 0) is 60.9 Å². The number of H-pyrrole nitrogens is 1. The quantitative estimate of drug-likeness (QED) is 0.367. The SMILES string of the molecule is Cc1nn2c(ncc3c(=O)n(CCc4c[nH]c5ccc(F)cc45)ccc32)c1-c1ccc(Cl)cc1. The van der Waals surface area contributed by atoms with Crippen LogP contribution in [-0.4, -0.2) is 24.1 Å². The van der Waals surface area contributed by atoms with Crippen LogP contribution in [0.4, 0.5) is 4.39 Å². The fourth-order valence-electron chi connectivity index (χ4n) is 4.55. The molecule has 4 aromatic heterocycles. The van der Waals surface area contributed by atoms with Gasteiger partial charge in [-0.1, -0.05) is 23.7 Å². The van der Waals surface area contributed by atoms with Gasteiger partial charge >= 0.3 is 0 Å². The van der Waals surface area contributed by atoms with E-state index in [0.717, 1.165) is 33.3 Å². The lowest BCUT2D eigenvalue weighted by atomic mass is 10.1. The molecule has 2 aromatic carbocycles. The number of nitrogens with one attached hydrogen (secondary N) is 1. The van der Waals surface area contributed by atoms with E-state index >= 15 is 0 Å². The van der Waals surface area contributed by atoms with Gasteiger partial charge in [0.1, 0.15) is 5.82 Å². The van der Waals surface area contributed by atoms with E-state index in [2.05, 4.69) is 15.1 Å². The van der Waals surface area contributed by atoms with Gasteiger partial charge < -0.3 is 9.55 Å². The minimum Gasteiger partial charge on any atom is -0.361 e. The number of rotatable bonds is 4. The third kappa shape index (κ3) is 3.28. The Morgan fingerprint density at radius 3 is 2.74 bits per heavy atom. The number of pyridine rings is 1. The van der Waals surface area contributed by atoms with Crippen molar-refractivity contribution < 1.29 is 4.39 Å². The van der Waals surface area contributed by atoms with Crippen LogP contribution in [0.2, 0.25) is 5.02 Å². The molecule has 0 spiro atoms. The largest absolute Gasteiger partial charge is 0.361 e. The summed E-state index contributed by atoms with van der Waals surface area (Å²) in [6, 6.07) is 14.1. The van der Waals surface area contributed by atoms with E-state index in [4.69, 9.17) is 11.6 Å². The Morgan fingerprint density at radius 1 is 1.09 bits per heavy atom. The smallest absolute Gasteiger partial charge is 0.261 e. The average Bonchev–Trinajstić information content (AvgIpc) is 3.39. The topological polar surface area (TPSA) is 68.0 Å². The Labute approximate surface area is 198 Å². The summed E-state index contributed by atoms with van der Waals surface area (Å²) >= 11 is 6.04. The van der Waals surface area contributed by atoms with E-state index in [-0.39, 0.29) is 11.4 Å². The Balaban J connectivity index is 1.39. The molecule has 0 unspecified atom stereocenters. The normalized spacial score (nSPS) is 11.7. The summed E-state index contributed by atoms with van der Waals surface area (Å²) in [5.74, 6) is -0.279. The Hall–Kier alpha value is -3.97. The summed E-state index contributed by atoms with van der Waals surface area (Å²) in [6.45, 7) is 2.39. The highest BCUT2D eigenvalue weighted by molar-refractivity contribution is 6.30. The molecule has 8 heteroatoms. The zero-order valence-corrected chi connectivity index (χ0v) is 19.0. The molecule has 6 nitrogen and oxygen atoms in total. The van der Waals surface area contributed by atoms with Crippen LogP contribution in [0.1, 0.15) is 11.3 Å². The predicted octanol–water partition coefficient (Wildman–Crippen LogP) is 5.54. The molecular weight excluding hydrogens is 453 g/mol. The molecule has 6 aromatic rings. The third-order valence-electron chi connectivity index (χ3n) is 6.24. The van der Waals surface area contributed by atoms with Crippen molar-refractivity contribution in [1.29, 1.82) is 0 Å². The lowest BCUT2D eigenvalue weighted by Gasteiger charge is -2.08. The number of aromatic amines is 1. The van der Waals surface area contributed by atoms with Gasteiger partial charge in [-0.15, -0.1) is 0 Å². The maximum absolute atomic E-state index is 13.7. The number of aryl methyl sites for hydroxylation is 3. The van der Waals surface area contributed by atoms with Crippen molar-refractivity contribution in [2.75, 3.05) is 0 Å². The fraction of sp³-hybridized carbons (Fsp3) is 0.115. The monoisotopic (exact) mass is 471 g/mol. The molecule has 6 rings (SSSR count). The van der Waals surface area contributed by atoms with Crippen molar-refractivity contribution in [2.45, 2.75) is 19.9 Å². The van der Waals surface area contributed by atoms with Crippen LogP contribution < -0.4 is 5.56 Å². The number of benzene rings is 2. The maximum Gasteiger partial charge on any atom is 0.261 e. The summed E-state index contributed by atoms with van der Waals surface area (Å²) in [4.78, 5) is 21.0. The first-order valence-corrected chi connectivity index (χ1v) is 11.3. The molecule has 0 saturated heterocycles. The molecule has 0 saturated carbocycles. The minimum atomic E-state index is -0.279. The highest BCUT2D eigenvalue weighted by Crippen LogP contribution is 2.29. The third-order valence-corrected chi connectivity index (χ3v) is 6.50. The van der Waals surface area contributed by atoms with Crippen LogP contribution in [0.15, 0.2) is 71.9 Å². The highest BCUT2D eigenvalue weighted by atomic mass is 35.5. The zero-order valence-electron chi connectivity index (χ0n) is 18.2. The van der Waals surface area contributed by atoms with E-state index in [0.29, 0.717) is 34.5 Å². The van der Waals surface area contributed by atoms with Crippen molar-refractivity contribution in [3.05, 3.63) is 99.6 Å². The first kappa shape index (κ1) is 20.6. The molecule has 0 aliphatic carbocycles. The molecule has 168 valence electrons. The fourth-order valence-corrected chi connectivity index (χ4v) is 4.67. The number of hydrogen-bond acceptors (Lipinski definition) is 3. The van der Waals surface area contributed by atoms with Crippen molar-refractivity contribution in [1.82, 2.24) is 24.1 Å². The second-order valence-corrected chi connectivity index (χ2v) is 8.76. The van der Waals surface area contributed by atoms with Crippen LogP contribution in [0.5, 0.6) is 0 Å². The summed E-state index contributed by atoms with van der Waals surface area (Å²) in [7, 11) is 0. The van der Waals surface area contributed by atoms with Crippen LogP contribution in [0, 0.1) is 12.7 Å². The summed E-state index contributed by atoms with van der Waals surface area (Å²) < 4.78 is 17.1. The minimum absolute atomic E-state index is 0.140. The second kappa shape index (κ2) is 7.81. The molecule has 0 fully saturated rings. The average molecular weight is 472 g/mol. The molecule has 0 radical (unpaired) electrons. The van der Waals surface area contributed by atoms with Gasteiger partial charge in [0.05, 0.1) is 16.6 Å². The van der Waals surface area contributed by atoms with Gasteiger partial charge in [-0.25, -0.2) is 13.9 Å². The molecule has 34 heavy (non-hydrogen) atoms. The van der Waals surface area contributed by atoms with Gasteiger partial charge in [-0.2, -0.15) is 5.10 Å². The first-order valence-electron chi connectivity index (χ1n) is 10.9. The van der Waals surface area contributed by atoms with Gasteiger partial charge in [0.2, 0.25) is 0 Å². The number of aromatic nitrogens is 5. The summed E-state index contributed by atoms with van der Waals surface area (Å²) in [5, 5.41) is 6.66. The van der Waals surface area contributed by atoms with Crippen LogP contribution in [0.25, 0.3) is 38.6 Å². The number of hydrogen-bond donors (Lipinski definition) is 1. The molecule has 0 bridgehead atoms. The van der Waals surface area contributed by atoms with E-state index < -0.39 is 0 Å². The maximum atomic E-state index is 13.7. The van der Waals surface area contributed by atoms with Crippen molar-refractivity contribution >= 4 is 39.1 Å². The molecule has 0 aliphatic rings. The van der Waals surface area contributed by atoms with Crippen LogP contribution in [-0.2, 0) is 13.0 Å². The molecule has 0 aliphatic heterocycles. The zero-order chi connectivity index (χ0) is 23.4. The number of fused-ring (bicyclic) bond motifs is 4. The first-order chi connectivity index (χ1) is 16.5. The van der Waals surface area contributed by atoms with E-state index in [1.165, 1.54) is 12.1 Å². The van der Waals surface area contributed by atoms with Gasteiger partial charge in [0.15, 0.2) is 5.65 Å². The molecule has 4 heterocycles. The molecule has 1 N–H and O–H groups in total. The number of halogens is 2. The van der Waals surface area contributed by atoms with Crippen LogP contribution >= 0.6 is 11.6 Å². The number of nitrogens with zero attached hydrogens (tertiary/aromatic N) is 4. The van der Waals surface area contributed by atoms with Crippen molar-refractivity contribution in [3.63, 3.8) is 0 Å². The van der Waals surface area contributed by atoms with E-state index in [1.807, 2.05) is 43.5 Å². The standard InChI is InChI=1S/C26H19ClFN5O/c1-15-24(16-2-4-18(27)5-3-16)25-30-14-21-23(33(25)31-15)9-11-32(26(21)34)10-8-17-13-29-22-7-6-19(28)12-20(17)22/h2-7,9,11-14,29H,8,10H2,1H3. The molecule has 0 amide bonds. The Bertz CT molecular complexity index is 1760. The predicted molar refractivity (Wildman–Crippen MR) is 132 cm³/mol. The van der Waals surface area contributed by atoms with Crippen molar-refractivity contribution in [2.24, 2.45) is 0 Å². The van der Waals surface area contributed by atoms with E-state index in [1.54, 1.807) is 27.5 Å². The van der Waals surface area contributed by atoms with Crippen LogP contribution in [0.3, 0.4) is 0 Å². The van der Waals surface area contributed by atoms with Gasteiger partial charge in [-0.3, -0.25) is 4.79 Å². The second-order valence-electron chi connectivity index (χ2n) is 8.33. The van der Waals surface area contributed by atoms with E-state index in [9.17, 15) is 9.18 Å². The van der Waals surface area contributed by atoms with Gasteiger partial charge in [0.25, 0.3) is 5.56 Å². The molecular formula is C26H19ClFN5O. The highest BCUT2D eigenvalue weighted by Gasteiger charge is 2.16. The summed E-state index contributed by atoms with van der Waals surface area (Å²) in [5.41, 5.74) is 5.78. The van der Waals surface area contributed by atoms with Gasteiger partial charge in [0, 0.05) is 46.6 Å². The molecule has 0 atom stereocenters. The summed E-state index contributed by atoms with van der Waals surface area (Å²) in [6.07, 6.45) is 5.85. The van der Waals surface area contributed by atoms with Crippen molar-refractivity contribution in [3.8, 4) is 11.1 Å². The Kier molecular flexibility index (Phi) is 4.74. The lowest BCUT2D eigenvalue weighted by Crippen LogP contribution is -2.21. The Morgan fingerprint density at radius 2 is 1.91 bits per heavy atom.